The van der Waals surface area contributed by atoms with E-state index in [4.69, 9.17) is 21.1 Å². The van der Waals surface area contributed by atoms with Gasteiger partial charge in [0.2, 0.25) is 5.79 Å². The fourth-order valence-electron chi connectivity index (χ4n) is 2.48. The Morgan fingerprint density at radius 3 is 2.65 bits per heavy atom. The first-order valence-electron chi connectivity index (χ1n) is 6.00. The Morgan fingerprint density at radius 1 is 1.29 bits per heavy atom. The molecule has 0 radical (unpaired) electrons. The molecule has 0 bridgehead atoms. The maximum Gasteiger partial charge on any atom is 0.246 e. The number of benzene rings is 1. The summed E-state index contributed by atoms with van der Waals surface area (Å²) in [7, 11) is 0. The molecule has 1 N–H and O–H groups in total. The number of ether oxygens (including phenoxy) is 2. The average Bonchev–Trinajstić information content (AvgIpc) is 2.81. The van der Waals surface area contributed by atoms with Gasteiger partial charge in [-0.2, -0.15) is 0 Å². The van der Waals surface area contributed by atoms with Gasteiger partial charge in [-0.25, -0.2) is 0 Å². The Bertz CT molecular complexity index is 453. The van der Waals surface area contributed by atoms with Gasteiger partial charge in [-0.3, -0.25) is 0 Å². The molecule has 1 atom stereocenters. The van der Waals surface area contributed by atoms with Gasteiger partial charge >= 0.3 is 0 Å². The minimum atomic E-state index is -0.590. The molecule has 1 aromatic carbocycles. The molecule has 4 heteroatoms. The first kappa shape index (κ1) is 11.2. The Morgan fingerprint density at radius 2 is 2.00 bits per heavy atom. The van der Waals surface area contributed by atoms with Crippen LogP contribution in [0.15, 0.2) is 12.1 Å². The molecule has 0 aliphatic carbocycles. The zero-order valence-corrected chi connectivity index (χ0v) is 10.8. The highest BCUT2D eigenvalue weighted by Crippen LogP contribution is 2.44. The van der Waals surface area contributed by atoms with Crippen molar-refractivity contribution in [2.24, 2.45) is 0 Å². The van der Waals surface area contributed by atoms with Gasteiger partial charge in [0.1, 0.15) is 0 Å². The molecule has 2 heterocycles. The van der Waals surface area contributed by atoms with E-state index >= 15 is 0 Å². The van der Waals surface area contributed by atoms with Crippen LogP contribution in [0.1, 0.15) is 38.3 Å². The molecule has 17 heavy (non-hydrogen) atoms. The van der Waals surface area contributed by atoms with Gasteiger partial charge in [0.25, 0.3) is 0 Å². The lowest BCUT2D eigenvalue weighted by molar-refractivity contribution is -0.0431. The maximum atomic E-state index is 6.31. The Balaban J connectivity index is 1.97. The fraction of sp³-hybridized carbons (Fsp3) is 0.538. The van der Waals surface area contributed by atoms with Crippen molar-refractivity contribution in [1.82, 2.24) is 5.32 Å². The lowest BCUT2D eigenvalue weighted by atomic mass is 10.0. The second-order valence-electron chi connectivity index (χ2n) is 5.07. The highest BCUT2D eigenvalue weighted by Gasteiger charge is 2.33. The van der Waals surface area contributed by atoms with E-state index in [0.717, 1.165) is 35.1 Å². The predicted molar refractivity (Wildman–Crippen MR) is 66.8 cm³/mol. The van der Waals surface area contributed by atoms with Crippen LogP contribution in [-0.2, 0) is 0 Å². The monoisotopic (exact) mass is 253 g/mol. The third kappa shape index (κ3) is 1.98. The molecule has 1 aromatic rings. The molecule has 1 saturated heterocycles. The summed E-state index contributed by atoms with van der Waals surface area (Å²) in [6, 6.07) is 4.22. The fourth-order valence-corrected chi connectivity index (χ4v) is 2.76. The quantitative estimate of drug-likeness (QED) is 0.833. The molecule has 2 aliphatic rings. The average molecular weight is 254 g/mol. The maximum absolute atomic E-state index is 6.31. The van der Waals surface area contributed by atoms with Crippen LogP contribution in [0.25, 0.3) is 0 Å². The summed E-state index contributed by atoms with van der Waals surface area (Å²) in [6.45, 7) is 4.85. The summed E-state index contributed by atoms with van der Waals surface area (Å²) in [6.07, 6.45) is 2.32. The van der Waals surface area contributed by atoms with Crippen molar-refractivity contribution < 1.29 is 9.47 Å². The number of hydrogen-bond acceptors (Lipinski definition) is 3. The van der Waals surface area contributed by atoms with Crippen LogP contribution in [0.4, 0.5) is 0 Å². The van der Waals surface area contributed by atoms with Crippen LogP contribution < -0.4 is 14.8 Å². The minimum absolute atomic E-state index is 0.347. The van der Waals surface area contributed by atoms with E-state index in [-0.39, 0.29) is 0 Å². The van der Waals surface area contributed by atoms with Crippen LogP contribution in [-0.4, -0.2) is 12.3 Å². The van der Waals surface area contributed by atoms with Gasteiger partial charge in [-0.05, 0) is 31.0 Å². The normalized spacial score (nSPS) is 25.2. The highest BCUT2D eigenvalue weighted by molar-refractivity contribution is 6.31. The van der Waals surface area contributed by atoms with E-state index in [2.05, 4.69) is 5.32 Å². The summed E-state index contributed by atoms with van der Waals surface area (Å²) in [5.74, 6) is 0.942. The SMILES string of the molecule is CC1(C)Oc2cc(Cl)c(C3CCCN3)cc2O1. The van der Waals surface area contributed by atoms with Crippen LogP contribution >= 0.6 is 11.6 Å². The second kappa shape index (κ2) is 3.79. The molecular weight excluding hydrogens is 238 g/mol. The summed E-state index contributed by atoms with van der Waals surface area (Å²) in [5, 5.41) is 4.20. The Kier molecular flexibility index (Phi) is 2.49. The number of rotatable bonds is 1. The Hall–Kier alpha value is -0.930. The minimum Gasteiger partial charge on any atom is -0.449 e. The van der Waals surface area contributed by atoms with Crippen LogP contribution in [0, 0.1) is 0 Å². The van der Waals surface area contributed by atoms with Crippen LogP contribution in [0.5, 0.6) is 11.5 Å². The first-order chi connectivity index (χ1) is 8.05. The molecule has 1 unspecified atom stereocenters. The number of fused-ring (bicyclic) bond motifs is 1. The van der Waals surface area contributed by atoms with Crippen molar-refractivity contribution in [2.75, 3.05) is 6.54 Å². The van der Waals surface area contributed by atoms with E-state index in [0.29, 0.717) is 6.04 Å². The molecule has 1 fully saturated rings. The van der Waals surface area contributed by atoms with Crippen LogP contribution in [0.2, 0.25) is 5.02 Å². The van der Waals surface area contributed by atoms with Crippen molar-refractivity contribution in [3.63, 3.8) is 0 Å². The number of nitrogens with one attached hydrogen (secondary N) is 1. The highest BCUT2D eigenvalue weighted by atomic mass is 35.5. The molecular formula is C13H16ClNO2. The van der Waals surface area contributed by atoms with Gasteiger partial charge in [0.05, 0.1) is 0 Å². The van der Waals surface area contributed by atoms with E-state index in [1.165, 1.54) is 6.42 Å². The molecule has 3 rings (SSSR count). The van der Waals surface area contributed by atoms with Crippen molar-refractivity contribution >= 4 is 11.6 Å². The third-order valence-corrected chi connectivity index (χ3v) is 3.54. The van der Waals surface area contributed by atoms with Crippen LogP contribution in [0.3, 0.4) is 0 Å². The smallest absolute Gasteiger partial charge is 0.246 e. The van der Waals surface area contributed by atoms with Crippen molar-refractivity contribution in [2.45, 2.75) is 38.5 Å². The van der Waals surface area contributed by atoms with Gasteiger partial charge in [-0.15, -0.1) is 0 Å². The first-order valence-corrected chi connectivity index (χ1v) is 6.38. The summed E-state index contributed by atoms with van der Waals surface area (Å²) < 4.78 is 11.4. The largest absolute Gasteiger partial charge is 0.449 e. The number of hydrogen-bond donors (Lipinski definition) is 1. The van der Waals surface area contributed by atoms with Gasteiger partial charge in [-0.1, -0.05) is 11.6 Å². The molecule has 2 aliphatic heterocycles. The van der Waals surface area contributed by atoms with Gasteiger partial charge in [0.15, 0.2) is 11.5 Å². The standard InChI is InChI=1S/C13H16ClNO2/c1-13(2)16-11-6-8(10-4-3-5-15-10)9(14)7-12(11)17-13/h6-7,10,15H,3-5H2,1-2H3. The second-order valence-corrected chi connectivity index (χ2v) is 5.48. The van der Waals surface area contributed by atoms with E-state index in [1.807, 2.05) is 26.0 Å². The van der Waals surface area contributed by atoms with Gasteiger partial charge in [0, 0.05) is 31.0 Å². The third-order valence-electron chi connectivity index (χ3n) is 3.21. The van der Waals surface area contributed by atoms with Crippen molar-refractivity contribution in [3.8, 4) is 11.5 Å². The molecule has 3 nitrogen and oxygen atoms in total. The lowest BCUT2D eigenvalue weighted by Crippen LogP contribution is -2.29. The predicted octanol–water partition coefficient (Wildman–Crippen LogP) is 3.27. The molecule has 0 aromatic heterocycles. The molecule has 0 amide bonds. The summed E-state index contributed by atoms with van der Waals surface area (Å²) >= 11 is 6.31. The number of halogens is 1. The molecule has 0 spiro atoms. The molecule has 0 saturated carbocycles. The molecule has 92 valence electrons. The van der Waals surface area contributed by atoms with Gasteiger partial charge < -0.3 is 14.8 Å². The topological polar surface area (TPSA) is 30.5 Å². The Labute approximate surface area is 106 Å². The lowest BCUT2D eigenvalue weighted by Gasteiger charge is -2.16. The van der Waals surface area contributed by atoms with Crippen molar-refractivity contribution in [1.29, 1.82) is 0 Å². The van der Waals surface area contributed by atoms with Crippen molar-refractivity contribution in [3.05, 3.63) is 22.7 Å². The summed E-state index contributed by atoms with van der Waals surface area (Å²) in [5.41, 5.74) is 1.12. The van der Waals surface area contributed by atoms with E-state index < -0.39 is 5.79 Å². The van der Waals surface area contributed by atoms with E-state index in [9.17, 15) is 0 Å². The van der Waals surface area contributed by atoms with E-state index in [1.54, 1.807) is 0 Å². The summed E-state index contributed by atoms with van der Waals surface area (Å²) in [4.78, 5) is 0. The zero-order valence-electron chi connectivity index (χ0n) is 10.0. The zero-order chi connectivity index (χ0) is 12.0.